The van der Waals surface area contributed by atoms with Gasteiger partial charge < -0.3 is 5.32 Å². The highest BCUT2D eigenvalue weighted by molar-refractivity contribution is 5.85. The minimum absolute atomic E-state index is 0. The fourth-order valence-electron chi connectivity index (χ4n) is 0.682. The average molecular weight is 150 g/mol. The lowest BCUT2D eigenvalue weighted by molar-refractivity contribution is 0.574. The molecule has 0 bridgehead atoms. The first-order chi connectivity index (χ1) is 3.81. The second-order valence-electron chi connectivity index (χ2n) is 1.98. The summed E-state index contributed by atoms with van der Waals surface area (Å²) in [5.74, 6) is 0. The average Bonchev–Trinajstić information content (AvgIpc) is 1.68. The Balaban J connectivity index is 0. The Hall–Kier alpha value is -0.0100. The standard InChI is InChI=1S/C7H15N.ClH/c1-4-6-7(3)8-5-2;/h4,7-8H,1,5-6H2,2-3H3;1H. The van der Waals surface area contributed by atoms with Crippen LogP contribution in [-0.2, 0) is 0 Å². The van der Waals surface area contributed by atoms with Gasteiger partial charge in [-0.25, -0.2) is 0 Å². The Morgan fingerprint density at radius 1 is 1.67 bits per heavy atom. The van der Waals surface area contributed by atoms with E-state index in [1.165, 1.54) is 0 Å². The fraction of sp³-hybridized carbons (Fsp3) is 0.714. The normalized spacial score (nSPS) is 11.8. The van der Waals surface area contributed by atoms with E-state index in [0.717, 1.165) is 13.0 Å². The molecule has 0 aliphatic heterocycles. The van der Waals surface area contributed by atoms with Crippen molar-refractivity contribution < 1.29 is 0 Å². The molecule has 0 amide bonds. The van der Waals surface area contributed by atoms with Crippen LogP contribution >= 0.6 is 12.4 Å². The van der Waals surface area contributed by atoms with E-state index in [1.54, 1.807) is 0 Å². The lowest BCUT2D eigenvalue weighted by Gasteiger charge is -2.07. The predicted molar refractivity (Wildman–Crippen MR) is 45.2 cm³/mol. The number of hydrogen-bond acceptors (Lipinski definition) is 1. The van der Waals surface area contributed by atoms with Gasteiger partial charge in [0.25, 0.3) is 0 Å². The van der Waals surface area contributed by atoms with E-state index in [4.69, 9.17) is 0 Å². The third kappa shape index (κ3) is 7.99. The van der Waals surface area contributed by atoms with Crippen LogP contribution in [0.4, 0.5) is 0 Å². The highest BCUT2D eigenvalue weighted by atomic mass is 35.5. The van der Waals surface area contributed by atoms with Crippen LogP contribution in [0, 0.1) is 0 Å². The van der Waals surface area contributed by atoms with Crippen molar-refractivity contribution >= 4 is 12.4 Å². The molecule has 0 spiro atoms. The summed E-state index contributed by atoms with van der Waals surface area (Å²) in [5.41, 5.74) is 0. The first-order valence-electron chi connectivity index (χ1n) is 3.15. The molecular formula is C7H16ClN. The van der Waals surface area contributed by atoms with Crippen LogP contribution in [0.5, 0.6) is 0 Å². The summed E-state index contributed by atoms with van der Waals surface area (Å²) in [5, 5.41) is 3.28. The van der Waals surface area contributed by atoms with Crippen LogP contribution in [-0.4, -0.2) is 12.6 Å². The molecule has 0 aliphatic rings. The quantitative estimate of drug-likeness (QED) is 0.603. The molecule has 9 heavy (non-hydrogen) atoms. The van der Waals surface area contributed by atoms with Crippen LogP contribution < -0.4 is 5.32 Å². The van der Waals surface area contributed by atoms with Crippen LogP contribution in [0.15, 0.2) is 12.7 Å². The Bertz CT molecular complexity index is 63.9. The number of nitrogens with one attached hydrogen (secondary N) is 1. The molecule has 1 N–H and O–H groups in total. The molecule has 0 aromatic heterocycles. The summed E-state index contributed by atoms with van der Waals surface area (Å²) < 4.78 is 0. The van der Waals surface area contributed by atoms with E-state index in [-0.39, 0.29) is 12.4 Å². The van der Waals surface area contributed by atoms with Crippen molar-refractivity contribution in [3.63, 3.8) is 0 Å². The summed E-state index contributed by atoms with van der Waals surface area (Å²) in [6.07, 6.45) is 3.00. The molecule has 0 saturated carbocycles. The molecule has 1 nitrogen and oxygen atoms in total. The van der Waals surface area contributed by atoms with Crippen molar-refractivity contribution in [3.8, 4) is 0 Å². The predicted octanol–water partition coefficient (Wildman–Crippen LogP) is 1.98. The van der Waals surface area contributed by atoms with Gasteiger partial charge in [-0.2, -0.15) is 0 Å². The van der Waals surface area contributed by atoms with Crippen molar-refractivity contribution in [3.05, 3.63) is 12.7 Å². The highest BCUT2D eigenvalue weighted by Gasteiger charge is 1.91. The van der Waals surface area contributed by atoms with Gasteiger partial charge in [0.1, 0.15) is 0 Å². The molecule has 56 valence electrons. The summed E-state index contributed by atoms with van der Waals surface area (Å²) in [4.78, 5) is 0. The smallest absolute Gasteiger partial charge is 0.00730 e. The monoisotopic (exact) mass is 149 g/mol. The molecule has 0 fully saturated rings. The van der Waals surface area contributed by atoms with Gasteiger partial charge >= 0.3 is 0 Å². The lowest BCUT2D eigenvalue weighted by Crippen LogP contribution is -2.24. The topological polar surface area (TPSA) is 12.0 Å². The van der Waals surface area contributed by atoms with Crippen molar-refractivity contribution in [2.75, 3.05) is 6.54 Å². The maximum atomic E-state index is 3.64. The number of halogens is 1. The molecule has 0 saturated heterocycles. The zero-order chi connectivity index (χ0) is 6.41. The molecule has 0 aromatic carbocycles. The zero-order valence-corrected chi connectivity index (χ0v) is 7.00. The largest absolute Gasteiger partial charge is 0.314 e. The molecule has 0 aliphatic carbocycles. The molecule has 1 unspecified atom stereocenters. The van der Waals surface area contributed by atoms with Crippen LogP contribution in [0.2, 0.25) is 0 Å². The maximum absolute atomic E-state index is 3.64. The Morgan fingerprint density at radius 2 is 2.22 bits per heavy atom. The van der Waals surface area contributed by atoms with Crippen molar-refractivity contribution in [2.24, 2.45) is 0 Å². The summed E-state index contributed by atoms with van der Waals surface area (Å²) in [7, 11) is 0. The van der Waals surface area contributed by atoms with Crippen LogP contribution in [0.25, 0.3) is 0 Å². The third-order valence-corrected chi connectivity index (χ3v) is 1.07. The SMILES string of the molecule is C=CCC(C)NCC.Cl. The van der Waals surface area contributed by atoms with Gasteiger partial charge in [0.05, 0.1) is 0 Å². The van der Waals surface area contributed by atoms with Crippen molar-refractivity contribution in [2.45, 2.75) is 26.3 Å². The molecular weight excluding hydrogens is 134 g/mol. The molecule has 2 heteroatoms. The maximum Gasteiger partial charge on any atom is 0.00730 e. The number of rotatable bonds is 4. The van der Waals surface area contributed by atoms with Gasteiger partial charge in [-0.15, -0.1) is 19.0 Å². The van der Waals surface area contributed by atoms with Gasteiger partial charge in [0.15, 0.2) is 0 Å². The summed E-state index contributed by atoms with van der Waals surface area (Å²) in [6, 6.07) is 0.595. The molecule has 1 atom stereocenters. The van der Waals surface area contributed by atoms with E-state index in [0.29, 0.717) is 6.04 Å². The first kappa shape index (κ1) is 11.7. The summed E-state index contributed by atoms with van der Waals surface area (Å²) in [6.45, 7) is 8.96. The Morgan fingerprint density at radius 3 is 2.56 bits per heavy atom. The van der Waals surface area contributed by atoms with Gasteiger partial charge in [-0.05, 0) is 19.9 Å². The second-order valence-corrected chi connectivity index (χ2v) is 1.98. The van der Waals surface area contributed by atoms with E-state index >= 15 is 0 Å². The van der Waals surface area contributed by atoms with Crippen molar-refractivity contribution in [1.29, 1.82) is 0 Å². The second kappa shape index (κ2) is 7.99. The van der Waals surface area contributed by atoms with Gasteiger partial charge in [-0.1, -0.05) is 13.0 Å². The molecule has 0 rings (SSSR count). The highest BCUT2D eigenvalue weighted by Crippen LogP contribution is 1.88. The first-order valence-corrected chi connectivity index (χ1v) is 3.15. The fourth-order valence-corrected chi connectivity index (χ4v) is 0.682. The summed E-state index contributed by atoms with van der Waals surface area (Å²) >= 11 is 0. The van der Waals surface area contributed by atoms with Gasteiger partial charge in [0.2, 0.25) is 0 Å². The minimum atomic E-state index is 0. The molecule has 0 aromatic rings. The Labute approximate surface area is 63.9 Å². The zero-order valence-electron chi connectivity index (χ0n) is 6.18. The van der Waals surface area contributed by atoms with E-state index in [2.05, 4.69) is 25.7 Å². The number of hydrogen-bond donors (Lipinski definition) is 1. The van der Waals surface area contributed by atoms with Crippen LogP contribution in [0.3, 0.4) is 0 Å². The van der Waals surface area contributed by atoms with E-state index in [1.807, 2.05) is 6.08 Å². The minimum Gasteiger partial charge on any atom is -0.314 e. The Kier molecular flexibility index (Phi) is 10.4. The lowest BCUT2D eigenvalue weighted by atomic mass is 10.2. The van der Waals surface area contributed by atoms with Crippen LogP contribution in [0.1, 0.15) is 20.3 Å². The molecule has 0 heterocycles. The van der Waals surface area contributed by atoms with E-state index < -0.39 is 0 Å². The van der Waals surface area contributed by atoms with Gasteiger partial charge in [-0.3, -0.25) is 0 Å². The van der Waals surface area contributed by atoms with Crippen molar-refractivity contribution in [1.82, 2.24) is 5.32 Å². The molecule has 0 radical (unpaired) electrons. The van der Waals surface area contributed by atoms with Gasteiger partial charge in [0, 0.05) is 6.04 Å². The van der Waals surface area contributed by atoms with E-state index in [9.17, 15) is 0 Å². The third-order valence-electron chi connectivity index (χ3n) is 1.07.